The molecule has 0 fully saturated rings. The quantitative estimate of drug-likeness (QED) is 0.427. The Morgan fingerprint density at radius 3 is 2.00 bits per heavy atom. The Kier molecular flexibility index (Phi) is 3.09. The number of ether oxygens (including phenoxy) is 2. The molecule has 5 heteroatoms. The molecule has 0 atom stereocenters. The normalized spacial score (nSPS) is 13.0. The number of halogens is 1. The minimum atomic E-state index is 0.426. The second-order valence-corrected chi connectivity index (χ2v) is 6.24. The average molecular weight is 349 g/mol. The first-order valence-electron chi connectivity index (χ1n) is 8.12. The summed E-state index contributed by atoms with van der Waals surface area (Å²) in [6, 6.07) is 15.3. The van der Waals surface area contributed by atoms with Crippen molar-refractivity contribution in [3.05, 3.63) is 69.8 Å². The maximum Gasteiger partial charge on any atom is 0.174 e. The molecule has 5 rings (SSSR count). The SMILES string of the molecule is CCc1c2c(c(Cl)c3c1=Nc1ccccc1O3)=Nc1ccccc1O2. The van der Waals surface area contributed by atoms with Gasteiger partial charge in [0.05, 0.1) is 0 Å². The molecule has 2 aliphatic rings. The standard InChI is InChI=1S/C20H13ClN2O2/c1-2-11-17-20(25-15-10-6-3-7-12(15)22-17)16(21)18-19(11)24-14-9-5-4-8-13(14)23-18/h3-10H,2H2,1H3. The highest BCUT2D eigenvalue weighted by Crippen LogP contribution is 2.40. The van der Waals surface area contributed by atoms with E-state index in [0.29, 0.717) is 27.6 Å². The minimum absolute atomic E-state index is 0.426. The van der Waals surface area contributed by atoms with Gasteiger partial charge in [-0.15, -0.1) is 0 Å². The van der Waals surface area contributed by atoms with Crippen molar-refractivity contribution in [3.63, 3.8) is 0 Å². The first kappa shape index (κ1) is 14.5. The Labute approximate surface area is 149 Å². The molecule has 0 saturated carbocycles. The molecule has 0 amide bonds. The van der Waals surface area contributed by atoms with E-state index in [-0.39, 0.29) is 0 Å². The lowest BCUT2D eigenvalue weighted by Gasteiger charge is -2.22. The molecule has 0 aromatic heterocycles. The van der Waals surface area contributed by atoms with E-state index in [4.69, 9.17) is 31.1 Å². The third kappa shape index (κ3) is 2.07. The smallest absolute Gasteiger partial charge is 0.174 e. The van der Waals surface area contributed by atoms with Gasteiger partial charge in [-0.1, -0.05) is 42.8 Å². The number of rotatable bonds is 1. The zero-order valence-electron chi connectivity index (χ0n) is 13.4. The highest BCUT2D eigenvalue weighted by atomic mass is 35.5. The molecule has 25 heavy (non-hydrogen) atoms. The molecule has 122 valence electrons. The monoisotopic (exact) mass is 348 g/mol. The molecule has 3 aromatic carbocycles. The molecular formula is C20H13ClN2O2. The van der Waals surface area contributed by atoms with Crippen molar-refractivity contribution >= 4 is 23.0 Å². The number of fused-ring (bicyclic) bond motifs is 4. The van der Waals surface area contributed by atoms with Crippen molar-refractivity contribution in [3.8, 4) is 23.0 Å². The highest BCUT2D eigenvalue weighted by Gasteiger charge is 2.26. The molecule has 4 nitrogen and oxygen atoms in total. The zero-order chi connectivity index (χ0) is 17.0. The molecule has 0 saturated heterocycles. The minimum Gasteiger partial charge on any atom is -0.452 e. The molecule has 3 aromatic rings. The van der Waals surface area contributed by atoms with Gasteiger partial charge >= 0.3 is 0 Å². The van der Waals surface area contributed by atoms with Crippen LogP contribution < -0.4 is 20.2 Å². The summed E-state index contributed by atoms with van der Waals surface area (Å²) in [5.41, 5.74) is 2.49. The summed E-state index contributed by atoms with van der Waals surface area (Å²) in [5, 5.41) is 1.75. The van der Waals surface area contributed by atoms with E-state index in [1.165, 1.54) is 0 Å². The second-order valence-electron chi connectivity index (χ2n) is 5.86. The Morgan fingerprint density at radius 2 is 1.36 bits per heavy atom. The third-order valence-electron chi connectivity index (χ3n) is 4.37. The Morgan fingerprint density at radius 1 is 0.800 bits per heavy atom. The lowest BCUT2D eigenvalue weighted by molar-refractivity contribution is 0.445. The molecule has 0 unspecified atom stereocenters. The van der Waals surface area contributed by atoms with Crippen molar-refractivity contribution in [1.82, 2.24) is 0 Å². The molecule has 0 spiro atoms. The number of benzene rings is 3. The van der Waals surface area contributed by atoms with Crippen molar-refractivity contribution < 1.29 is 9.47 Å². The predicted molar refractivity (Wildman–Crippen MR) is 95.5 cm³/mol. The van der Waals surface area contributed by atoms with E-state index in [1.54, 1.807) is 0 Å². The predicted octanol–water partition coefficient (Wildman–Crippen LogP) is 5.02. The van der Waals surface area contributed by atoms with Crippen molar-refractivity contribution in [2.45, 2.75) is 13.3 Å². The van der Waals surface area contributed by atoms with Gasteiger partial charge in [0.2, 0.25) is 0 Å². The van der Waals surface area contributed by atoms with Gasteiger partial charge in [-0.25, -0.2) is 9.98 Å². The van der Waals surface area contributed by atoms with Gasteiger partial charge in [0.25, 0.3) is 0 Å². The lowest BCUT2D eigenvalue weighted by Crippen LogP contribution is -2.25. The maximum atomic E-state index is 6.65. The van der Waals surface area contributed by atoms with Crippen molar-refractivity contribution in [2.24, 2.45) is 9.98 Å². The van der Waals surface area contributed by atoms with Crippen LogP contribution in [0.5, 0.6) is 23.0 Å². The van der Waals surface area contributed by atoms with Crippen molar-refractivity contribution in [1.29, 1.82) is 0 Å². The third-order valence-corrected chi connectivity index (χ3v) is 4.72. The van der Waals surface area contributed by atoms with Gasteiger partial charge in [0.15, 0.2) is 23.0 Å². The van der Waals surface area contributed by atoms with Crippen LogP contribution in [0, 0.1) is 0 Å². The lowest BCUT2D eigenvalue weighted by atomic mass is 10.1. The van der Waals surface area contributed by atoms with Gasteiger partial charge in [0, 0.05) is 5.56 Å². The Hall–Kier alpha value is -2.85. The number of hydrogen-bond donors (Lipinski definition) is 0. The Balaban J connectivity index is 1.89. The summed E-state index contributed by atoms with van der Waals surface area (Å²) in [6.07, 6.45) is 0.731. The zero-order valence-corrected chi connectivity index (χ0v) is 14.2. The molecule has 0 radical (unpaired) electrons. The Bertz CT molecular complexity index is 1160. The topological polar surface area (TPSA) is 43.2 Å². The number of nitrogens with zero attached hydrogens (tertiary/aromatic N) is 2. The van der Waals surface area contributed by atoms with Crippen LogP contribution >= 0.6 is 11.6 Å². The number of para-hydroxylation sites is 4. The first-order valence-corrected chi connectivity index (χ1v) is 8.49. The van der Waals surface area contributed by atoms with Crippen LogP contribution in [-0.2, 0) is 6.42 Å². The maximum absolute atomic E-state index is 6.65. The average Bonchev–Trinajstić information content (AvgIpc) is 2.66. The van der Waals surface area contributed by atoms with Gasteiger partial charge in [-0.3, -0.25) is 0 Å². The largest absolute Gasteiger partial charge is 0.452 e. The van der Waals surface area contributed by atoms with Crippen LogP contribution in [0.15, 0.2) is 58.5 Å². The van der Waals surface area contributed by atoms with Gasteiger partial charge in [-0.05, 0) is 30.7 Å². The summed E-state index contributed by atoms with van der Waals surface area (Å²) >= 11 is 6.65. The molecule has 2 aliphatic heterocycles. The van der Waals surface area contributed by atoms with Crippen LogP contribution in [0.3, 0.4) is 0 Å². The fraction of sp³-hybridized carbons (Fsp3) is 0.100. The van der Waals surface area contributed by atoms with Crippen LogP contribution in [-0.4, -0.2) is 0 Å². The summed E-state index contributed by atoms with van der Waals surface area (Å²) in [7, 11) is 0. The second kappa shape index (κ2) is 5.33. The van der Waals surface area contributed by atoms with E-state index in [2.05, 4.69) is 6.92 Å². The van der Waals surface area contributed by atoms with Crippen LogP contribution in [0.25, 0.3) is 0 Å². The van der Waals surface area contributed by atoms with E-state index < -0.39 is 0 Å². The molecule has 2 heterocycles. The van der Waals surface area contributed by atoms with Crippen LogP contribution in [0.1, 0.15) is 12.5 Å². The van der Waals surface area contributed by atoms with E-state index in [9.17, 15) is 0 Å². The van der Waals surface area contributed by atoms with E-state index >= 15 is 0 Å². The summed E-state index contributed by atoms with van der Waals surface area (Å²) < 4.78 is 12.2. The number of hydrogen-bond acceptors (Lipinski definition) is 4. The molecular weight excluding hydrogens is 336 g/mol. The summed E-state index contributed by atoms with van der Waals surface area (Å²) in [6.45, 7) is 2.06. The van der Waals surface area contributed by atoms with Crippen LogP contribution in [0.4, 0.5) is 11.4 Å². The van der Waals surface area contributed by atoms with Gasteiger partial charge in [-0.2, -0.15) is 0 Å². The molecule has 0 N–H and O–H groups in total. The van der Waals surface area contributed by atoms with Gasteiger partial charge < -0.3 is 9.47 Å². The van der Waals surface area contributed by atoms with Gasteiger partial charge in [0.1, 0.15) is 27.1 Å². The summed E-state index contributed by atoms with van der Waals surface area (Å²) in [5.74, 6) is 2.62. The molecule has 0 aliphatic carbocycles. The van der Waals surface area contributed by atoms with Crippen molar-refractivity contribution in [2.75, 3.05) is 0 Å². The van der Waals surface area contributed by atoms with E-state index in [0.717, 1.165) is 34.5 Å². The molecule has 0 bridgehead atoms. The fourth-order valence-corrected chi connectivity index (χ4v) is 3.44. The fourth-order valence-electron chi connectivity index (χ4n) is 3.18. The summed E-state index contributed by atoms with van der Waals surface area (Å²) in [4.78, 5) is 9.48. The van der Waals surface area contributed by atoms with Crippen LogP contribution in [0.2, 0.25) is 5.02 Å². The highest BCUT2D eigenvalue weighted by molar-refractivity contribution is 6.32. The van der Waals surface area contributed by atoms with E-state index in [1.807, 2.05) is 48.5 Å². The first-order chi connectivity index (χ1) is 12.3.